The van der Waals surface area contributed by atoms with Crippen LogP contribution in [0.25, 0.3) is 0 Å². The highest BCUT2D eigenvalue weighted by molar-refractivity contribution is 5.95. The fourth-order valence-electron chi connectivity index (χ4n) is 2.60. The van der Waals surface area contributed by atoms with E-state index in [1.165, 1.54) is 0 Å². The molecule has 0 bridgehead atoms. The van der Waals surface area contributed by atoms with Crippen molar-refractivity contribution in [1.29, 1.82) is 0 Å². The van der Waals surface area contributed by atoms with Gasteiger partial charge in [-0.2, -0.15) is 0 Å². The third-order valence-corrected chi connectivity index (χ3v) is 3.62. The lowest BCUT2D eigenvalue weighted by atomic mass is 9.97. The van der Waals surface area contributed by atoms with Gasteiger partial charge in [0.25, 0.3) is 5.91 Å². The molecule has 1 aliphatic rings. The highest BCUT2D eigenvalue weighted by Crippen LogP contribution is 2.29. The Bertz CT molecular complexity index is 423. The van der Waals surface area contributed by atoms with Gasteiger partial charge in [0.15, 0.2) is 0 Å². The third-order valence-electron chi connectivity index (χ3n) is 3.62. The number of carbonyl (C=O) groups excluding carboxylic acids is 1. The summed E-state index contributed by atoms with van der Waals surface area (Å²) < 4.78 is 5.37. The number of halogens is 1. The van der Waals surface area contributed by atoms with Gasteiger partial charge in [-0.25, -0.2) is 0 Å². The molecule has 1 aliphatic carbocycles. The summed E-state index contributed by atoms with van der Waals surface area (Å²) in [5.41, 5.74) is 6.23. The molecule has 1 fully saturated rings. The zero-order valence-electron chi connectivity index (χ0n) is 10.9. The Morgan fingerprint density at radius 2 is 2.06 bits per heavy atom. The average molecular weight is 273 g/mol. The highest BCUT2D eigenvalue weighted by atomic mass is 35.5. The van der Waals surface area contributed by atoms with E-state index in [9.17, 15) is 4.79 Å². The quantitative estimate of drug-likeness (QED) is 0.887. The number of amides is 1. The summed E-state index contributed by atoms with van der Waals surface area (Å²) in [5, 5.41) is 3.09. The van der Waals surface area contributed by atoms with Gasteiger partial charge in [0.05, 0.1) is 11.1 Å². The van der Waals surface area contributed by atoms with E-state index in [-0.39, 0.29) is 23.9 Å². The van der Waals surface area contributed by atoms with Crippen molar-refractivity contribution < 1.29 is 9.21 Å². The van der Waals surface area contributed by atoms with Crippen molar-refractivity contribution in [3.8, 4) is 0 Å². The normalized spacial score (nSPS) is 17.3. The van der Waals surface area contributed by atoms with Crippen LogP contribution in [-0.2, 0) is 0 Å². The summed E-state index contributed by atoms with van der Waals surface area (Å²) in [6.07, 6.45) is 4.23. The molecule has 5 heteroatoms. The van der Waals surface area contributed by atoms with Crippen LogP contribution in [0.1, 0.15) is 47.6 Å². The number of nitrogens with one attached hydrogen (secondary N) is 1. The van der Waals surface area contributed by atoms with Crippen molar-refractivity contribution in [2.24, 2.45) is 5.73 Å². The number of nitrogens with two attached hydrogens (primary N) is 1. The molecule has 0 saturated heterocycles. The highest BCUT2D eigenvalue weighted by Gasteiger charge is 2.34. The number of hydrogen-bond acceptors (Lipinski definition) is 3. The Kier molecular flexibility index (Phi) is 4.82. The Hall–Kier alpha value is -1.000. The monoisotopic (exact) mass is 272 g/mol. The molecule has 4 nitrogen and oxygen atoms in total. The van der Waals surface area contributed by atoms with Gasteiger partial charge < -0.3 is 15.5 Å². The molecule has 0 aliphatic heterocycles. The minimum absolute atomic E-state index is 0. The van der Waals surface area contributed by atoms with E-state index in [1.807, 2.05) is 13.8 Å². The minimum atomic E-state index is -0.200. The van der Waals surface area contributed by atoms with Gasteiger partial charge in [-0.1, -0.05) is 12.8 Å². The van der Waals surface area contributed by atoms with E-state index in [1.54, 1.807) is 6.07 Å². The number of carbonyl (C=O) groups is 1. The van der Waals surface area contributed by atoms with E-state index >= 15 is 0 Å². The van der Waals surface area contributed by atoms with Crippen LogP contribution in [-0.4, -0.2) is 18.0 Å². The van der Waals surface area contributed by atoms with Crippen LogP contribution in [0.15, 0.2) is 10.5 Å². The summed E-state index contributed by atoms with van der Waals surface area (Å²) in [7, 11) is 0. The van der Waals surface area contributed by atoms with Gasteiger partial charge in [0.2, 0.25) is 0 Å². The zero-order chi connectivity index (χ0) is 12.5. The smallest absolute Gasteiger partial charge is 0.255 e. The maximum Gasteiger partial charge on any atom is 0.255 e. The van der Waals surface area contributed by atoms with Crippen LogP contribution in [0.5, 0.6) is 0 Å². The van der Waals surface area contributed by atoms with Gasteiger partial charge in [0.1, 0.15) is 11.5 Å². The first-order valence-electron chi connectivity index (χ1n) is 6.16. The van der Waals surface area contributed by atoms with Crippen molar-refractivity contribution in [3.05, 3.63) is 23.2 Å². The zero-order valence-corrected chi connectivity index (χ0v) is 11.7. The molecule has 0 radical (unpaired) electrons. The second-order valence-corrected chi connectivity index (χ2v) is 4.97. The van der Waals surface area contributed by atoms with Gasteiger partial charge in [-0.05, 0) is 32.8 Å². The summed E-state index contributed by atoms with van der Waals surface area (Å²) in [6.45, 7) is 4.17. The van der Waals surface area contributed by atoms with E-state index < -0.39 is 0 Å². The van der Waals surface area contributed by atoms with Crippen LogP contribution < -0.4 is 11.1 Å². The molecule has 102 valence electrons. The van der Waals surface area contributed by atoms with Crippen LogP contribution in [0.2, 0.25) is 0 Å². The number of aryl methyl sites for hydroxylation is 2. The van der Waals surface area contributed by atoms with Crippen molar-refractivity contribution in [2.45, 2.75) is 45.1 Å². The lowest BCUT2D eigenvalue weighted by Crippen LogP contribution is -2.51. The maximum atomic E-state index is 12.2. The van der Waals surface area contributed by atoms with E-state index in [0.29, 0.717) is 17.9 Å². The SMILES string of the molecule is Cc1cc(C(=O)NC2(CN)CCCC2)c(C)o1.Cl. The van der Waals surface area contributed by atoms with Gasteiger partial charge in [0, 0.05) is 6.54 Å². The molecule has 1 aromatic rings. The Labute approximate surface area is 114 Å². The molecule has 1 heterocycles. The molecule has 18 heavy (non-hydrogen) atoms. The fraction of sp³-hybridized carbons (Fsp3) is 0.615. The molecule has 0 spiro atoms. The lowest BCUT2D eigenvalue weighted by Gasteiger charge is -2.28. The van der Waals surface area contributed by atoms with Gasteiger partial charge >= 0.3 is 0 Å². The second kappa shape index (κ2) is 5.76. The van der Waals surface area contributed by atoms with Crippen LogP contribution in [0, 0.1) is 13.8 Å². The molecule has 3 N–H and O–H groups in total. The first kappa shape index (κ1) is 15.1. The van der Waals surface area contributed by atoms with Crippen molar-refractivity contribution >= 4 is 18.3 Å². The molecule has 1 saturated carbocycles. The van der Waals surface area contributed by atoms with E-state index in [0.717, 1.165) is 31.4 Å². The molecule has 0 unspecified atom stereocenters. The van der Waals surface area contributed by atoms with Gasteiger partial charge in [-0.3, -0.25) is 4.79 Å². The van der Waals surface area contributed by atoms with Crippen molar-refractivity contribution in [3.63, 3.8) is 0 Å². The largest absolute Gasteiger partial charge is 0.466 e. The Morgan fingerprint density at radius 1 is 1.44 bits per heavy atom. The minimum Gasteiger partial charge on any atom is -0.466 e. The second-order valence-electron chi connectivity index (χ2n) is 4.97. The molecule has 1 amide bonds. The van der Waals surface area contributed by atoms with Gasteiger partial charge in [-0.15, -0.1) is 12.4 Å². The Morgan fingerprint density at radius 3 is 2.50 bits per heavy atom. The number of rotatable bonds is 3. The third kappa shape index (κ3) is 2.87. The molecular weight excluding hydrogens is 252 g/mol. The predicted molar refractivity (Wildman–Crippen MR) is 73.1 cm³/mol. The molecule has 2 rings (SSSR count). The van der Waals surface area contributed by atoms with Crippen LogP contribution in [0.3, 0.4) is 0 Å². The van der Waals surface area contributed by atoms with E-state index in [2.05, 4.69) is 5.32 Å². The Balaban J connectivity index is 0.00000162. The predicted octanol–water partition coefficient (Wildman–Crippen LogP) is 2.32. The first-order chi connectivity index (χ1) is 8.06. The standard InChI is InChI=1S/C13H20N2O2.ClH/c1-9-7-11(10(2)17-9)12(16)15-13(8-14)5-3-4-6-13;/h7H,3-6,8,14H2,1-2H3,(H,15,16);1H. The molecular formula is C13H21ClN2O2. The summed E-state index contributed by atoms with van der Waals surface area (Å²) in [4.78, 5) is 12.2. The first-order valence-corrected chi connectivity index (χ1v) is 6.16. The van der Waals surface area contributed by atoms with Crippen LogP contribution in [0.4, 0.5) is 0 Å². The average Bonchev–Trinajstić information content (AvgIpc) is 2.86. The van der Waals surface area contributed by atoms with E-state index in [4.69, 9.17) is 10.2 Å². The fourth-order valence-corrected chi connectivity index (χ4v) is 2.60. The van der Waals surface area contributed by atoms with Crippen molar-refractivity contribution in [1.82, 2.24) is 5.32 Å². The molecule has 0 aromatic carbocycles. The summed E-state index contributed by atoms with van der Waals surface area (Å²) in [5.74, 6) is 1.37. The van der Waals surface area contributed by atoms with Crippen molar-refractivity contribution in [2.75, 3.05) is 6.54 Å². The molecule has 1 aromatic heterocycles. The topological polar surface area (TPSA) is 68.3 Å². The maximum absolute atomic E-state index is 12.2. The summed E-state index contributed by atoms with van der Waals surface area (Å²) >= 11 is 0. The lowest BCUT2D eigenvalue weighted by molar-refractivity contribution is 0.0901. The number of furan rings is 1. The molecule has 0 atom stereocenters. The summed E-state index contributed by atoms with van der Waals surface area (Å²) in [6, 6.07) is 1.78. The number of hydrogen-bond donors (Lipinski definition) is 2. The van der Waals surface area contributed by atoms with Crippen LogP contribution >= 0.6 is 12.4 Å².